The molecule has 2 rings (SSSR count). The maximum atomic E-state index is 8.96. The molecular formula is C9H16O4. The quantitative estimate of drug-likeness (QED) is 0.626. The van der Waals surface area contributed by atoms with Crippen molar-refractivity contribution < 1.29 is 19.3 Å². The Balaban J connectivity index is 1.95. The van der Waals surface area contributed by atoms with Gasteiger partial charge in [-0.2, -0.15) is 0 Å². The van der Waals surface area contributed by atoms with Crippen molar-refractivity contribution in [2.75, 3.05) is 33.0 Å². The first kappa shape index (κ1) is 9.40. The van der Waals surface area contributed by atoms with Crippen molar-refractivity contribution in [2.45, 2.75) is 24.5 Å². The van der Waals surface area contributed by atoms with E-state index in [-0.39, 0.29) is 18.3 Å². The maximum absolute atomic E-state index is 8.96. The molecule has 2 fully saturated rings. The highest BCUT2D eigenvalue weighted by atomic mass is 16.6. The van der Waals surface area contributed by atoms with Gasteiger partial charge in [0.05, 0.1) is 26.4 Å². The molecule has 0 amide bonds. The highest BCUT2D eigenvalue weighted by molar-refractivity contribution is 4.87. The van der Waals surface area contributed by atoms with Crippen LogP contribution in [0.25, 0.3) is 0 Å². The molecule has 76 valence electrons. The Kier molecular flexibility index (Phi) is 2.83. The highest BCUT2D eigenvalue weighted by Crippen LogP contribution is 2.28. The van der Waals surface area contributed by atoms with Crippen LogP contribution in [-0.4, -0.2) is 49.8 Å². The van der Waals surface area contributed by atoms with Crippen LogP contribution < -0.4 is 0 Å². The molecule has 2 aliphatic rings. The SMILES string of the molecule is OCC1COCC2(CCCOC2)O1. The molecule has 0 saturated carbocycles. The van der Waals surface area contributed by atoms with Crippen LogP contribution in [0.5, 0.6) is 0 Å². The van der Waals surface area contributed by atoms with Gasteiger partial charge in [0.2, 0.25) is 0 Å². The van der Waals surface area contributed by atoms with Crippen molar-refractivity contribution in [1.82, 2.24) is 0 Å². The van der Waals surface area contributed by atoms with E-state index >= 15 is 0 Å². The minimum absolute atomic E-state index is 0.0295. The fraction of sp³-hybridized carbons (Fsp3) is 1.00. The monoisotopic (exact) mass is 188 g/mol. The van der Waals surface area contributed by atoms with E-state index in [1.54, 1.807) is 0 Å². The molecule has 4 heteroatoms. The first-order chi connectivity index (χ1) is 6.35. The van der Waals surface area contributed by atoms with E-state index in [1.807, 2.05) is 0 Å². The maximum Gasteiger partial charge on any atom is 0.115 e. The van der Waals surface area contributed by atoms with Gasteiger partial charge >= 0.3 is 0 Å². The summed E-state index contributed by atoms with van der Waals surface area (Å²) in [4.78, 5) is 0. The molecule has 1 spiro atoms. The van der Waals surface area contributed by atoms with Gasteiger partial charge in [0.1, 0.15) is 11.7 Å². The van der Waals surface area contributed by atoms with Crippen LogP contribution in [0.3, 0.4) is 0 Å². The van der Waals surface area contributed by atoms with Gasteiger partial charge in [0, 0.05) is 6.61 Å². The van der Waals surface area contributed by atoms with Gasteiger partial charge in [0.25, 0.3) is 0 Å². The van der Waals surface area contributed by atoms with E-state index in [4.69, 9.17) is 19.3 Å². The number of aliphatic hydroxyl groups excluding tert-OH is 1. The van der Waals surface area contributed by atoms with E-state index in [0.29, 0.717) is 19.8 Å². The fourth-order valence-corrected chi connectivity index (χ4v) is 1.92. The Hall–Kier alpha value is -0.160. The smallest absolute Gasteiger partial charge is 0.115 e. The van der Waals surface area contributed by atoms with Crippen molar-refractivity contribution in [2.24, 2.45) is 0 Å². The van der Waals surface area contributed by atoms with Gasteiger partial charge in [-0.05, 0) is 12.8 Å². The molecule has 1 N–H and O–H groups in total. The summed E-state index contributed by atoms with van der Waals surface area (Å²) in [6.07, 6.45) is 1.82. The average molecular weight is 188 g/mol. The van der Waals surface area contributed by atoms with Gasteiger partial charge < -0.3 is 19.3 Å². The van der Waals surface area contributed by atoms with E-state index in [9.17, 15) is 0 Å². The van der Waals surface area contributed by atoms with Crippen LogP contribution in [0.15, 0.2) is 0 Å². The van der Waals surface area contributed by atoms with Crippen LogP contribution in [0, 0.1) is 0 Å². The zero-order valence-corrected chi connectivity index (χ0v) is 7.70. The summed E-state index contributed by atoms with van der Waals surface area (Å²) in [6, 6.07) is 0. The molecule has 2 heterocycles. The number of aliphatic hydroxyl groups is 1. The molecule has 0 aromatic heterocycles. The second-order valence-electron chi connectivity index (χ2n) is 3.78. The summed E-state index contributed by atoms with van der Waals surface area (Å²) in [5.41, 5.74) is -0.274. The number of rotatable bonds is 1. The molecule has 0 bridgehead atoms. The summed E-state index contributed by atoms with van der Waals surface area (Å²) in [6.45, 7) is 2.54. The molecule has 2 aliphatic heterocycles. The predicted molar refractivity (Wildman–Crippen MR) is 45.6 cm³/mol. The molecule has 2 saturated heterocycles. The third-order valence-electron chi connectivity index (χ3n) is 2.58. The molecule has 2 unspecified atom stereocenters. The lowest BCUT2D eigenvalue weighted by atomic mass is 9.96. The Bertz CT molecular complexity index is 159. The molecule has 4 nitrogen and oxygen atoms in total. The zero-order valence-electron chi connectivity index (χ0n) is 7.70. The Morgan fingerprint density at radius 3 is 2.85 bits per heavy atom. The van der Waals surface area contributed by atoms with Gasteiger partial charge in [-0.1, -0.05) is 0 Å². The first-order valence-electron chi connectivity index (χ1n) is 4.79. The lowest BCUT2D eigenvalue weighted by Gasteiger charge is -2.42. The lowest BCUT2D eigenvalue weighted by Crippen LogP contribution is -2.53. The second kappa shape index (κ2) is 3.92. The van der Waals surface area contributed by atoms with Crippen LogP contribution in [0.1, 0.15) is 12.8 Å². The third kappa shape index (κ3) is 2.02. The predicted octanol–water partition coefficient (Wildman–Crippen LogP) is -0.0567. The molecule has 0 radical (unpaired) electrons. The molecule has 13 heavy (non-hydrogen) atoms. The first-order valence-corrected chi connectivity index (χ1v) is 4.79. The number of ether oxygens (including phenoxy) is 3. The minimum atomic E-state index is -0.274. The largest absolute Gasteiger partial charge is 0.394 e. The summed E-state index contributed by atoms with van der Waals surface area (Å²) in [5, 5.41) is 8.96. The van der Waals surface area contributed by atoms with Crippen molar-refractivity contribution in [3.8, 4) is 0 Å². The van der Waals surface area contributed by atoms with Gasteiger partial charge in [-0.15, -0.1) is 0 Å². The van der Waals surface area contributed by atoms with Crippen LogP contribution in [-0.2, 0) is 14.2 Å². The van der Waals surface area contributed by atoms with Gasteiger partial charge in [-0.25, -0.2) is 0 Å². The third-order valence-corrected chi connectivity index (χ3v) is 2.58. The molecule has 0 aromatic carbocycles. The highest BCUT2D eigenvalue weighted by Gasteiger charge is 2.39. The minimum Gasteiger partial charge on any atom is -0.394 e. The molecule has 2 atom stereocenters. The lowest BCUT2D eigenvalue weighted by molar-refractivity contribution is -0.240. The number of hydrogen-bond acceptors (Lipinski definition) is 4. The second-order valence-corrected chi connectivity index (χ2v) is 3.78. The van der Waals surface area contributed by atoms with Crippen molar-refractivity contribution >= 4 is 0 Å². The molecule has 0 aliphatic carbocycles. The zero-order chi connectivity index (χ0) is 9.15. The van der Waals surface area contributed by atoms with E-state index in [2.05, 4.69) is 0 Å². The summed E-state index contributed by atoms with van der Waals surface area (Å²) in [7, 11) is 0. The van der Waals surface area contributed by atoms with E-state index in [1.165, 1.54) is 0 Å². The Morgan fingerprint density at radius 2 is 2.15 bits per heavy atom. The fourth-order valence-electron chi connectivity index (χ4n) is 1.92. The van der Waals surface area contributed by atoms with Crippen molar-refractivity contribution in [1.29, 1.82) is 0 Å². The van der Waals surface area contributed by atoms with Crippen molar-refractivity contribution in [3.05, 3.63) is 0 Å². The normalized spacial score (nSPS) is 40.8. The standard InChI is InChI=1S/C9H16O4/c10-4-8-5-12-7-9(13-8)2-1-3-11-6-9/h8,10H,1-7H2. The molecular weight excluding hydrogens is 172 g/mol. The molecule has 0 aromatic rings. The summed E-state index contributed by atoms with van der Waals surface area (Å²) < 4.78 is 16.5. The Morgan fingerprint density at radius 1 is 1.31 bits per heavy atom. The van der Waals surface area contributed by atoms with Gasteiger partial charge in [-0.3, -0.25) is 0 Å². The van der Waals surface area contributed by atoms with Gasteiger partial charge in [0.15, 0.2) is 0 Å². The van der Waals surface area contributed by atoms with E-state index in [0.717, 1.165) is 19.4 Å². The number of hydrogen-bond donors (Lipinski definition) is 1. The van der Waals surface area contributed by atoms with Crippen molar-refractivity contribution in [3.63, 3.8) is 0 Å². The Labute approximate surface area is 77.8 Å². The van der Waals surface area contributed by atoms with Crippen LogP contribution >= 0.6 is 0 Å². The topological polar surface area (TPSA) is 47.9 Å². The summed E-state index contributed by atoms with van der Waals surface area (Å²) >= 11 is 0. The van der Waals surface area contributed by atoms with Crippen LogP contribution in [0.2, 0.25) is 0 Å². The average Bonchev–Trinajstić information content (AvgIpc) is 2.19. The van der Waals surface area contributed by atoms with E-state index < -0.39 is 0 Å². The summed E-state index contributed by atoms with van der Waals surface area (Å²) in [5.74, 6) is 0. The van der Waals surface area contributed by atoms with Crippen LogP contribution in [0.4, 0.5) is 0 Å².